The SMILES string of the molecule is C.O=C(Cc1ccccc1)N1CCN(Cc2ccc3ccccc3n2)CC1. The Labute approximate surface area is 161 Å². The van der Waals surface area contributed by atoms with Gasteiger partial charge in [-0.3, -0.25) is 14.7 Å². The van der Waals surface area contributed by atoms with E-state index in [4.69, 9.17) is 4.98 Å². The molecule has 0 atom stereocenters. The highest BCUT2D eigenvalue weighted by Crippen LogP contribution is 2.14. The lowest BCUT2D eigenvalue weighted by atomic mass is 10.1. The van der Waals surface area contributed by atoms with Gasteiger partial charge in [-0.15, -0.1) is 0 Å². The van der Waals surface area contributed by atoms with Crippen molar-refractivity contribution in [1.82, 2.24) is 14.8 Å². The first-order chi connectivity index (χ1) is 12.8. The number of hydrogen-bond donors (Lipinski definition) is 0. The van der Waals surface area contributed by atoms with Crippen LogP contribution < -0.4 is 0 Å². The van der Waals surface area contributed by atoms with E-state index in [1.807, 2.05) is 47.4 Å². The molecule has 0 aliphatic carbocycles. The molecule has 1 saturated heterocycles. The second-order valence-electron chi connectivity index (χ2n) is 6.81. The van der Waals surface area contributed by atoms with E-state index < -0.39 is 0 Å². The first-order valence-corrected chi connectivity index (χ1v) is 9.17. The lowest BCUT2D eigenvalue weighted by molar-refractivity contribution is -0.132. The third kappa shape index (κ3) is 4.72. The molecular formula is C23H27N3O. The number of nitrogens with zero attached hydrogens (tertiary/aromatic N) is 3. The van der Waals surface area contributed by atoms with Crippen LogP contribution in [0, 0.1) is 0 Å². The molecule has 1 fully saturated rings. The molecule has 140 valence electrons. The molecule has 0 unspecified atom stereocenters. The fraction of sp³-hybridized carbons (Fsp3) is 0.304. The van der Waals surface area contributed by atoms with E-state index in [2.05, 4.69) is 29.2 Å². The van der Waals surface area contributed by atoms with Crippen molar-refractivity contribution in [2.75, 3.05) is 26.2 Å². The van der Waals surface area contributed by atoms with Crippen molar-refractivity contribution in [2.24, 2.45) is 0 Å². The number of para-hydroxylation sites is 1. The van der Waals surface area contributed by atoms with Gasteiger partial charge in [-0.05, 0) is 17.7 Å². The van der Waals surface area contributed by atoms with Gasteiger partial charge in [-0.1, -0.05) is 62.0 Å². The standard InChI is InChI=1S/C22H23N3O.CH4/c26-22(16-18-6-2-1-3-7-18)25-14-12-24(13-15-25)17-20-11-10-19-8-4-5-9-21(19)23-20;/h1-11H,12-17H2;1H4. The molecule has 27 heavy (non-hydrogen) atoms. The van der Waals surface area contributed by atoms with Gasteiger partial charge in [0.05, 0.1) is 17.6 Å². The zero-order valence-electron chi connectivity index (χ0n) is 14.8. The molecule has 0 radical (unpaired) electrons. The fourth-order valence-corrected chi connectivity index (χ4v) is 3.46. The number of pyridine rings is 1. The van der Waals surface area contributed by atoms with Crippen LogP contribution in [0.1, 0.15) is 18.7 Å². The van der Waals surface area contributed by atoms with E-state index in [1.165, 1.54) is 5.39 Å². The van der Waals surface area contributed by atoms with E-state index in [0.29, 0.717) is 6.42 Å². The van der Waals surface area contributed by atoms with E-state index >= 15 is 0 Å². The molecule has 4 nitrogen and oxygen atoms in total. The Balaban J connectivity index is 0.00000210. The van der Waals surface area contributed by atoms with Crippen LogP contribution in [0.2, 0.25) is 0 Å². The molecular weight excluding hydrogens is 334 g/mol. The van der Waals surface area contributed by atoms with Crippen LogP contribution >= 0.6 is 0 Å². The van der Waals surface area contributed by atoms with Gasteiger partial charge in [0, 0.05) is 38.1 Å². The number of carbonyl (C=O) groups is 1. The quantitative estimate of drug-likeness (QED) is 0.710. The molecule has 3 aromatic rings. The van der Waals surface area contributed by atoms with E-state index in [9.17, 15) is 4.79 Å². The molecule has 2 aromatic carbocycles. The average molecular weight is 361 g/mol. The Kier molecular flexibility index (Phi) is 6.20. The van der Waals surface area contributed by atoms with Gasteiger partial charge in [0.25, 0.3) is 0 Å². The molecule has 1 amide bonds. The summed E-state index contributed by atoms with van der Waals surface area (Å²) in [5, 5.41) is 1.17. The summed E-state index contributed by atoms with van der Waals surface area (Å²) in [7, 11) is 0. The second kappa shape index (κ2) is 8.78. The number of rotatable bonds is 4. The van der Waals surface area contributed by atoms with Crippen LogP contribution in [0.4, 0.5) is 0 Å². The fourth-order valence-electron chi connectivity index (χ4n) is 3.46. The number of aromatic nitrogens is 1. The molecule has 0 N–H and O–H groups in total. The lowest BCUT2D eigenvalue weighted by Gasteiger charge is -2.34. The van der Waals surface area contributed by atoms with Crippen LogP contribution in [0.25, 0.3) is 10.9 Å². The summed E-state index contributed by atoms with van der Waals surface area (Å²) in [4.78, 5) is 21.6. The molecule has 1 aromatic heterocycles. The molecule has 0 bridgehead atoms. The summed E-state index contributed by atoms with van der Waals surface area (Å²) in [5.41, 5.74) is 3.22. The van der Waals surface area contributed by atoms with E-state index in [-0.39, 0.29) is 13.3 Å². The summed E-state index contributed by atoms with van der Waals surface area (Å²) < 4.78 is 0. The molecule has 1 aliphatic heterocycles. The number of benzene rings is 2. The van der Waals surface area contributed by atoms with Crippen molar-refractivity contribution in [3.05, 3.63) is 78.0 Å². The highest BCUT2D eigenvalue weighted by molar-refractivity contribution is 5.79. The van der Waals surface area contributed by atoms with Crippen molar-refractivity contribution in [1.29, 1.82) is 0 Å². The number of piperazine rings is 1. The maximum atomic E-state index is 12.5. The first kappa shape index (κ1) is 19.1. The summed E-state index contributed by atoms with van der Waals surface area (Å²) in [6.07, 6.45) is 0.493. The maximum absolute atomic E-state index is 12.5. The Morgan fingerprint density at radius 1 is 0.852 bits per heavy atom. The van der Waals surface area contributed by atoms with Crippen molar-refractivity contribution >= 4 is 16.8 Å². The van der Waals surface area contributed by atoms with Gasteiger partial charge in [0.15, 0.2) is 0 Å². The summed E-state index contributed by atoms with van der Waals surface area (Å²) in [6, 6.07) is 22.4. The van der Waals surface area contributed by atoms with Crippen LogP contribution in [0.5, 0.6) is 0 Å². The number of amides is 1. The Bertz CT molecular complexity index is 886. The minimum Gasteiger partial charge on any atom is -0.340 e. The van der Waals surface area contributed by atoms with Gasteiger partial charge in [0.1, 0.15) is 0 Å². The van der Waals surface area contributed by atoms with Crippen molar-refractivity contribution < 1.29 is 4.79 Å². The molecule has 1 aliphatic rings. The summed E-state index contributed by atoms with van der Waals surface area (Å²) >= 11 is 0. The summed E-state index contributed by atoms with van der Waals surface area (Å²) in [6.45, 7) is 4.22. The van der Waals surface area contributed by atoms with Crippen LogP contribution in [0.3, 0.4) is 0 Å². The Hall–Kier alpha value is -2.72. The van der Waals surface area contributed by atoms with Gasteiger partial charge in [-0.25, -0.2) is 0 Å². The zero-order chi connectivity index (χ0) is 17.8. The monoisotopic (exact) mass is 361 g/mol. The van der Waals surface area contributed by atoms with Crippen molar-refractivity contribution in [2.45, 2.75) is 20.4 Å². The summed E-state index contributed by atoms with van der Waals surface area (Å²) in [5.74, 6) is 0.222. The van der Waals surface area contributed by atoms with E-state index in [1.54, 1.807) is 0 Å². The first-order valence-electron chi connectivity index (χ1n) is 9.17. The van der Waals surface area contributed by atoms with Crippen LogP contribution in [-0.4, -0.2) is 46.9 Å². The molecule has 2 heterocycles. The molecule has 0 spiro atoms. The average Bonchev–Trinajstić information content (AvgIpc) is 2.69. The predicted molar refractivity (Wildman–Crippen MR) is 110 cm³/mol. The highest BCUT2D eigenvalue weighted by Gasteiger charge is 2.21. The third-order valence-corrected chi connectivity index (χ3v) is 4.96. The Morgan fingerprint density at radius 2 is 1.56 bits per heavy atom. The van der Waals surface area contributed by atoms with Crippen LogP contribution in [0.15, 0.2) is 66.7 Å². The van der Waals surface area contributed by atoms with E-state index in [0.717, 1.165) is 49.5 Å². The Morgan fingerprint density at radius 3 is 2.33 bits per heavy atom. The van der Waals surface area contributed by atoms with Gasteiger partial charge < -0.3 is 4.90 Å². The van der Waals surface area contributed by atoms with Gasteiger partial charge in [-0.2, -0.15) is 0 Å². The largest absolute Gasteiger partial charge is 0.340 e. The molecule has 0 saturated carbocycles. The smallest absolute Gasteiger partial charge is 0.227 e. The second-order valence-corrected chi connectivity index (χ2v) is 6.81. The lowest BCUT2D eigenvalue weighted by Crippen LogP contribution is -2.48. The van der Waals surface area contributed by atoms with Crippen molar-refractivity contribution in [3.8, 4) is 0 Å². The molecule has 4 heteroatoms. The topological polar surface area (TPSA) is 36.4 Å². The normalized spacial score (nSPS) is 14.7. The highest BCUT2D eigenvalue weighted by atomic mass is 16.2. The molecule has 4 rings (SSSR count). The number of fused-ring (bicyclic) bond motifs is 1. The minimum absolute atomic E-state index is 0. The van der Waals surface area contributed by atoms with Crippen LogP contribution in [-0.2, 0) is 17.8 Å². The van der Waals surface area contributed by atoms with Gasteiger partial charge in [0.2, 0.25) is 5.91 Å². The predicted octanol–water partition coefficient (Wildman–Crippen LogP) is 3.76. The third-order valence-electron chi connectivity index (χ3n) is 4.96. The minimum atomic E-state index is 0. The zero-order valence-corrected chi connectivity index (χ0v) is 14.8. The van der Waals surface area contributed by atoms with Gasteiger partial charge >= 0.3 is 0 Å². The number of carbonyl (C=O) groups excluding carboxylic acids is 1. The number of hydrogen-bond acceptors (Lipinski definition) is 3. The maximum Gasteiger partial charge on any atom is 0.227 e. The van der Waals surface area contributed by atoms with Crippen molar-refractivity contribution in [3.63, 3.8) is 0 Å².